The molecule has 1 aromatic carbocycles. The van der Waals surface area contributed by atoms with Crippen molar-refractivity contribution in [1.82, 2.24) is 10.2 Å². The molecule has 0 atom stereocenters. The second-order valence-electron chi connectivity index (χ2n) is 5.37. The second-order valence-corrected chi connectivity index (χ2v) is 5.80. The number of ether oxygens (including phenoxy) is 1. The van der Waals surface area contributed by atoms with Gasteiger partial charge in [-0.3, -0.25) is 4.90 Å². The molecular formula is C15H23ClN2O. The summed E-state index contributed by atoms with van der Waals surface area (Å²) in [5, 5.41) is 4.17. The van der Waals surface area contributed by atoms with E-state index >= 15 is 0 Å². The Hall–Kier alpha value is -0.770. The van der Waals surface area contributed by atoms with E-state index in [0.717, 1.165) is 43.5 Å². The third-order valence-corrected chi connectivity index (χ3v) is 3.81. The first-order chi connectivity index (χ1) is 9.11. The van der Waals surface area contributed by atoms with Gasteiger partial charge in [0.05, 0.1) is 7.11 Å². The van der Waals surface area contributed by atoms with E-state index in [1.54, 1.807) is 7.11 Å². The van der Waals surface area contributed by atoms with Gasteiger partial charge in [0.15, 0.2) is 0 Å². The molecule has 4 heteroatoms. The molecule has 0 unspecified atom stereocenters. The topological polar surface area (TPSA) is 24.5 Å². The molecule has 0 aromatic heterocycles. The fourth-order valence-electron chi connectivity index (χ4n) is 2.58. The molecule has 0 saturated carbocycles. The smallest absolute Gasteiger partial charge is 0.126 e. The minimum atomic E-state index is 0.412. The van der Waals surface area contributed by atoms with Crippen LogP contribution >= 0.6 is 11.6 Å². The maximum absolute atomic E-state index is 6.25. The van der Waals surface area contributed by atoms with E-state index in [4.69, 9.17) is 16.3 Å². The highest BCUT2D eigenvalue weighted by Crippen LogP contribution is 2.34. The molecule has 0 aliphatic carbocycles. The Labute approximate surface area is 120 Å². The Morgan fingerprint density at radius 3 is 2.58 bits per heavy atom. The van der Waals surface area contributed by atoms with E-state index in [2.05, 4.69) is 24.1 Å². The predicted octanol–water partition coefficient (Wildman–Crippen LogP) is 2.88. The van der Waals surface area contributed by atoms with E-state index in [-0.39, 0.29) is 0 Å². The Bertz CT molecular complexity index is 428. The molecule has 0 radical (unpaired) electrons. The van der Waals surface area contributed by atoms with Crippen LogP contribution < -0.4 is 10.1 Å². The molecule has 2 rings (SSSR count). The van der Waals surface area contributed by atoms with Gasteiger partial charge in [0.25, 0.3) is 0 Å². The third-order valence-electron chi connectivity index (χ3n) is 3.59. The summed E-state index contributed by atoms with van der Waals surface area (Å²) < 4.78 is 5.63. The van der Waals surface area contributed by atoms with Crippen LogP contribution in [0.5, 0.6) is 5.75 Å². The Balaban J connectivity index is 2.27. The van der Waals surface area contributed by atoms with Crippen molar-refractivity contribution in [2.75, 3.05) is 33.3 Å². The molecule has 3 nitrogen and oxygen atoms in total. The van der Waals surface area contributed by atoms with Crippen molar-refractivity contribution in [3.05, 3.63) is 28.3 Å². The molecule has 106 valence electrons. The maximum atomic E-state index is 6.25. The molecule has 1 fully saturated rings. The zero-order valence-electron chi connectivity index (χ0n) is 12.0. The fourth-order valence-corrected chi connectivity index (χ4v) is 2.83. The number of halogens is 1. The van der Waals surface area contributed by atoms with Crippen molar-refractivity contribution < 1.29 is 4.74 Å². The number of methoxy groups -OCH3 is 1. The van der Waals surface area contributed by atoms with E-state index < -0.39 is 0 Å². The molecule has 1 N–H and O–H groups in total. The molecule has 0 bridgehead atoms. The van der Waals surface area contributed by atoms with Crippen LogP contribution in [0.1, 0.15) is 30.9 Å². The first-order valence-electron chi connectivity index (χ1n) is 6.91. The Morgan fingerprint density at radius 2 is 2.00 bits per heavy atom. The van der Waals surface area contributed by atoms with Crippen LogP contribution in [0, 0.1) is 0 Å². The zero-order valence-corrected chi connectivity index (χ0v) is 12.8. The van der Waals surface area contributed by atoms with Gasteiger partial charge in [-0.1, -0.05) is 25.4 Å². The molecule has 0 spiro atoms. The van der Waals surface area contributed by atoms with Gasteiger partial charge in [-0.15, -0.1) is 0 Å². The minimum Gasteiger partial charge on any atom is -0.496 e. The van der Waals surface area contributed by atoms with Crippen molar-refractivity contribution in [3.8, 4) is 5.75 Å². The molecule has 0 amide bonds. The molecule has 1 aromatic rings. The summed E-state index contributed by atoms with van der Waals surface area (Å²) in [6.45, 7) is 9.51. The summed E-state index contributed by atoms with van der Waals surface area (Å²) in [5.74, 6) is 1.41. The highest BCUT2D eigenvalue weighted by atomic mass is 35.5. The Kier molecular flexibility index (Phi) is 5.08. The predicted molar refractivity (Wildman–Crippen MR) is 80.2 cm³/mol. The van der Waals surface area contributed by atoms with E-state index in [1.165, 1.54) is 11.1 Å². The number of rotatable bonds is 4. The number of hydrogen-bond acceptors (Lipinski definition) is 3. The monoisotopic (exact) mass is 282 g/mol. The minimum absolute atomic E-state index is 0.412. The number of hydrogen-bond donors (Lipinski definition) is 1. The van der Waals surface area contributed by atoms with Crippen LogP contribution in [0.4, 0.5) is 0 Å². The van der Waals surface area contributed by atoms with Crippen LogP contribution in [0.3, 0.4) is 0 Å². The van der Waals surface area contributed by atoms with E-state index in [9.17, 15) is 0 Å². The van der Waals surface area contributed by atoms with E-state index in [0.29, 0.717) is 5.92 Å². The number of nitrogens with zero attached hydrogens (tertiary/aromatic N) is 1. The van der Waals surface area contributed by atoms with Crippen LogP contribution in [0.15, 0.2) is 12.1 Å². The summed E-state index contributed by atoms with van der Waals surface area (Å²) in [6, 6.07) is 4.06. The quantitative estimate of drug-likeness (QED) is 0.919. The van der Waals surface area contributed by atoms with Crippen molar-refractivity contribution in [3.63, 3.8) is 0 Å². The van der Waals surface area contributed by atoms with Gasteiger partial charge in [-0.2, -0.15) is 0 Å². The largest absolute Gasteiger partial charge is 0.496 e. The number of benzene rings is 1. The molecule has 1 saturated heterocycles. The van der Waals surface area contributed by atoms with Gasteiger partial charge < -0.3 is 10.1 Å². The first kappa shape index (κ1) is 14.6. The zero-order chi connectivity index (χ0) is 13.8. The van der Waals surface area contributed by atoms with Crippen LogP contribution in [0.2, 0.25) is 5.02 Å². The standard InChI is InChI=1S/C15H23ClN2O/c1-11(2)14-9-13(16)8-12(15(14)19-3)10-18-6-4-17-5-7-18/h8-9,11,17H,4-7,10H2,1-3H3. The van der Waals surface area contributed by atoms with Gasteiger partial charge in [-0.05, 0) is 23.6 Å². The summed E-state index contributed by atoms with van der Waals surface area (Å²) in [7, 11) is 1.75. The molecule has 1 aliphatic heterocycles. The average molecular weight is 283 g/mol. The lowest BCUT2D eigenvalue weighted by Gasteiger charge is -2.28. The van der Waals surface area contributed by atoms with Crippen molar-refractivity contribution in [2.24, 2.45) is 0 Å². The molecule has 19 heavy (non-hydrogen) atoms. The lowest BCUT2D eigenvalue weighted by atomic mass is 9.98. The summed E-state index contributed by atoms with van der Waals surface area (Å²) in [6.07, 6.45) is 0. The molecular weight excluding hydrogens is 260 g/mol. The van der Waals surface area contributed by atoms with Crippen molar-refractivity contribution in [1.29, 1.82) is 0 Å². The normalized spacial score (nSPS) is 16.9. The second kappa shape index (κ2) is 6.60. The maximum Gasteiger partial charge on any atom is 0.126 e. The summed E-state index contributed by atoms with van der Waals surface area (Å²) >= 11 is 6.25. The summed E-state index contributed by atoms with van der Waals surface area (Å²) in [4.78, 5) is 2.44. The Morgan fingerprint density at radius 1 is 1.32 bits per heavy atom. The molecule has 1 heterocycles. The average Bonchev–Trinajstić information content (AvgIpc) is 2.39. The summed E-state index contributed by atoms with van der Waals surface area (Å²) in [5.41, 5.74) is 2.39. The van der Waals surface area contributed by atoms with Gasteiger partial charge >= 0.3 is 0 Å². The van der Waals surface area contributed by atoms with Crippen LogP contribution in [-0.2, 0) is 6.54 Å². The lowest BCUT2D eigenvalue weighted by Crippen LogP contribution is -2.42. The van der Waals surface area contributed by atoms with Gasteiger partial charge in [0, 0.05) is 43.3 Å². The first-order valence-corrected chi connectivity index (χ1v) is 7.29. The SMILES string of the molecule is COc1c(CN2CCNCC2)cc(Cl)cc1C(C)C. The van der Waals surface area contributed by atoms with Crippen LogP contribution in [0.25, 0.3) is 0 Å². The van der Waals surface area contributed by atoms with Gasteiger partial charge in [0.1, 0.15) is 5.75 Å². The third kappa shape index (κ3) is 3.62. The van der Waals surface area contributed by atoms with Gasteiger partial charge in [0.2, 0.25) is 0 Å². The lowest BCUT2D eigenvalue weighted by molar-refractivity contribution is 0.230. The van der Waals surface area contributed by atoms with E-state index in [1.807, 2.05) is 12.1 Å². The van der Waals surface area contributed by atoms with Crippen LogP contribution in [-0.4, -0.2) is 38.2 Å². The number of piperazine rings is 1. The van der Waals surface area contributed by atoms with Crippen molar-refractivity contribution in [2.45, 2.75) is 26.3 Å². The highest BCUT2D eigenvalue weighted by molar-refractivity contribution is 6.30. The highest BCUT2D eigenvalue weighted by Gasteiger charge is 2.17. The fraction of sp³-hybridized carbons (Fsp3) is 0.600. The molecule has 1 aliphatic rings. The number of nitrogens with one attached hydrogen (secondary N) is 1. The van der Waals surface area contributed by atoms with Gasteiger partial charge in [-0.25, -0.2) is 0 Å². The van der Waals surface area contributed by atoms with Crippen molar-refractivity contribution >= 4 is 11.6 Å².